The van der Waals surface area contributed by atoms with Crippen LogP contribution in [0.1, 0.15) is 19.8 Å². The van der Waals surface area contributed by atoms with Crippen molar-refractivity contribution in [1.29, 1.82) is 0 Å². The summed E-state index contributed by atoms with van der Waals surface area (Å²) >= 11 is 0. The summed E-state index contributed by atoms with van der Waals surface area (Å²) in [6, 6.07) is 0. The van der Waals surface area contributed by atoms with E-state index in [2.05, 4.69) is 11.1 Å². The second-order valence-corrected chi connectivity index (χ2v) is 2.07. The molecule has 0 aromatic heterocycles. The van der Waals surface area contributed by atoms with Crippen molar-refractivity contribution in [2.75, 3.05) is 13.1 Å². The van der Waals surface area contributed by atoms with Crippen molar-refractivity contribution in [2.45, 2.75) is 19.8 Å². The molecule has 1 aliphatic heterocycles. The van der Waals surface area contributed by atoms with Gasteiger partial charge in [-0.1, -0.05) is 0 Å². The average Bonchev–Trinajstić information content (AvgIpc) is 2.11. The number of carbonyl (C=O) groups is 1. The number of nitrogens with two attached hydrogens (primary N) is 1. The summed E-state index contributed by atoms with van der Waals surface area (Å²) in [5, 5.41) is 3.22. The summed E-state index contributed by atoms with van der Waals surface area (Å²) in [5.41, 5.74) is 4.47. The molecule has 1 amide bonds. The number of rotatable bonds is 0. The second kappa shape index (κ2) is 5.56. The molecule has 0 aromatic rings. The molecule has 1 saturated heterocycles. The number of hydrogen-bond donors (Lipinski definition) is 2. The molecule has 1 rings (SSSR count). The largest absolute Gasteiger partial charge is 0.370 e. The van der Waals surface area contributed by atoms with Crippen LogP contribution in [0.4, 0.5) is 0 Å². The Labute approximate surface area is 55.6 Å². The van der Waals surface area contributed by atoms with Gasteiger partial charge in [0.15, 0.2) is 0 Å². The van der Waals surface area contributed by atoms with E-state index >= 15 is 0 Å². The maximum absolute atomic E-state index is 9.22. The smallest absolute Gasteiger partial charge is 0.214 e. The van der Waals surface area contributed by atoms with Crippen molar-refractivity contribution in [2.24, 2.45) is 5.73 Å². The fraction of sp³-hybridized carbons (Fsp3) is 0.833. The molecule has 0 aliphatic carbocycles. The molecular formula is C6H14N2O. The van der Waals surface area contributed by atoms with Crippen molar-refractivity contribution < 1.29 is 4.79 Å². The van der Waals surface area contributed by atoms with E-state index in [-0.39, 0.29) is 5.91 Å². The second-order valence-electron chi connectivity index (χ2n) is 2.07. The van der Waals surface area contributed by atoms with Crippen LogP contribution >= 0.6 is 0 Å². The Morgan fingerprint density at radius 2 is 1.78 bits per heavy atom. The summed E-state index contributed by atoms with van der Waals surface area (Å²) in [6.07, 6.45) is 2.78. The molecule has 0 radical (unpaired) electrons. The predicted molar refractivity (Wildman–Crippen MR) is 37.0 cm³/mol. The van der Waals surface area contributed by atoms with Crippen molar-refractivity contribution in [3.63, 3.8) is 0 Å². The highest BCUT2D eigenvalue weighted by molar-refractivity contribution is 5.70. The zero-order chi connectivity index (χ0) is 7.11. The SMILES string of the molecule is C1CCNC1.CC(N)=O. The molecule has 0 spiro atoms. The molecule has 9 heavy (non-hydrogen) atoms. The number of carbonyl (C=O) groups excluding carboxylic acids is 1. The van der Waals surface area contributed by atoms with Gasteiger partial charge in [-0.15, -0.1) is 0 Å². The van der Waals surface area contributed by atoms with Gasteiger partial charge >= 0.3 is 0 Å². The van der Waals surface area contributed by atoms with Crippen molar-refractivity contribution in [1.82, 2.24) is 5.32 Å². The highest BCUT2D eigenvalue weighted by Gasteiger charge is 1.93. The highest BCUT2D eigenvalue weighted by Crippen LogP contribution is 1.90. The first-order valence-corrected chi connectivity index (χ1v) is 3.20. The highest BCUT2D eigenvalue weighted by atomic mass is 16.1. The number of hydrogen-bond acceptors (Lipinski definition) is 2. The van der Waals surface area contributed by atoms with Crippen LogP contribution in [0.15, 0.2) is 0 Å². The quantitative estimate of drug-likeness (QED) is 0.479. The zero-order valence-corrected chi connectivity index (χ0v) is 5.81. The third kappa shape index (κ3) is 11.2. The summed E-state index contributed by atoms with van der Waals surface area (Å²) in [5.74, 6) is -0.333. The van der Waals surface area contributed by atoms with Gasteiger partial charge in [-0.25, -0.2) is 0 Å². The monoisotopic (exact) mass is 130 g/mol. The molecule has 3 nitrogen and oxygen atoms in total. The summed E-state index contributed by atoms with van der Waals surface area (Å²) in [4.78, 5) is 9.22. The summed E-state index contributed by atoms with van der Waals surface area (Å²) < 4.78 is 0. The summed E-state index contributed by atoms with van der Waals surface area (Å²) in [6.45, 7) is 3.81. The van der Waals surface area contributed by atoms with Gasteiger partial charge in [-0.2, -0.15) is 0 Å². The van der Waals surface area contributed by atoms with Gasteiger partial charge in [0.2, 0.25) is 5.91 Å². The molecule has 0 saturated carbocycles. The molecule has 54 valence electrons. The maximum Gasteiger partial charge on any atom is 0.214 e. The van der Waals surface area contributed by atoms with Crippen LogP contribution in [-0.4, -0.2) is 19.0 Å². The van der Waals surface area contributed by atoms with Crippen LogP contribution in [-0.2, 0) is 4.79 Å². The lowest BCUT2D eigenvalue weighted by atomic mass is 10.4. The van der Waals surface area contributed by atoms with Crippen LogP contribution in [0, 0.1) is 0 Å². The topological polar surface area (TPSA) is 55.1 Å². The number of primary amides is 1. The number of amides is 1. The summed E-state index contributed by atoms with van der Waals surface area (Å²) in [7, 11) is 0. The van der Waals surface area contributed by atoms with E-state index in [9.17, 15) is 4.79 Å². The van der Waals surface area contributed by atoms with Crippen LogP contribution in [0.3, 0.4) is 0 Å². The third-order valence-electron chi connectivity index (χ3n) is 0.957. The van der Waals surface area contributed by atoms with E-state index in [0.29, 0.717) is 0 Å². The molecule has 0 aromatic carbocycles. The first-order chi connectivity index (χ1) is 4.23. The van der Waals surface area contributed by atoms with Crippen LogP contribution in [0.5, 0.6) is 0 Å². The van der Waals surface area contributed by atoms with Gasteiger partial charge in [-0.3, -0.25) is 4.79 Å². The molecule has 1 heterocycles. The van der Waals surface area contributed by atoms with Gasteiger partial charge < -0.3 is 11.1 Å². The van der Waals surface area contributed by atoms with Gasteiger partial charge in [0, 0.05) is 6.92 Å². The molecule has 3 heteroatoms. The van der Waals surface area contributed by atoms with Crippen LogP contribution < -0.4 is 11.1 Å². The number of nitrogens with one attached hydrogen (secondary N) is 1. The standard InChI is InChI=1S/C4H9N.C2H5NO/c1-2-4-5-3-1;1-2(3)4/h5H,1-4H2;1H3,(H2,3,4). The molecule has 0 atom stereocenters. The Balaban J connectivity index is 0.000000148. The van der Waals surface area contributed by atoms with Crippen molar-refractivity contribution in [3.05, 3.63) is 0 Å². The zero-order valence-electron chi connectivity index (χ0n) is 5.81. The Hall–Kier alpha value is -0.570. The minimum absolute atomic E-state index is 0.333. The Kier molecular flexibility index (Phi) is 5.21. The average molecular weight is 130 g/mol. The van der Waals surface area contributed by atoms with Gasteiger partial charge in [-0.05, 0) is 25.9 Å². The third-order valence-corrected chi connectivity index (χ3v) is 0.957. The first-order valence-electron chi connectivity index (χ1n) is 3.20. The van der Waals surface area contributed by atoms with Crippen molar-refractivity contribution >= 4 is 5.91 Å². The molecule has 1 aliphatic rings. The van der Waals surface area contributed by atoms with Crippen molar-refractivity contribution in [3.8, 4) is 0 Å². The fourth-order valence-corrected chi connectivity index (χ4v) is 0.625. The lowest BCUT2D eigenvalue weighted by Gasteiger charge is -1.76. The maximum atomic E-state index is 9.22. The Bertz CT molecular complexity index is 67.5. The minimum atomic E-state index is -0.333. The van der Waals surface area contributed by atoms with Crippen LogP contribution in [0.2, 0.25) is 0 Å². The molecule has 1 fully saturated rings. The van der Waals surface area contributed by atoms with Gasteiger partial charge in [0.25, 0.3) is 0 Å². The van der Waals surface area contributed by atoms with E-state index in [0.717, 1.165) is 0 Å². The van der Waals surface area contributed by atoms with E-state index < -0.39 is 0 Å². The minimum Gasteiger partial charge on any atom is -0.370 e. The van der Waals surface area contributed by atoms with E-state index in [1.807, 2.05) is 0 Å². The predicted octanol–water partition coefficient (Wildman–Crippen LogP) is -0.139. The Morgan fingerprint density at radius 1 is 1.44 bits per heavy atom. The fourth-order valence-electron chi connectivity index (χ4n) is 0.625. The lowest BCUT2D eigenvalue weighted by Crippen LogP contribution is -2.03. The van der Waals surface area contributed by atoms with Gasteiger partial charge in [0.1, 0.15) is 0 Å². The van der Waals surface area contributed by atoms with E-state index in [1.165, 1.54) is 32.9 Å². The Morgan fingerprint density at radius 3 is 1.89 bits per heavy atom. The first kappa shape index (κ1) is 8.43. The lowest BCUT2D eigenvalue weighted by molar-refractivity contribution is -0.115. The van der Waals surface area contributed by atoms with Gasteiger partial charge in [0.05, 0.1) is 0 Å². The normalized spacial score (nSPS) is 16.1. The molecule has 3 N–H and O–H groups in total. The van der Waals surface area contributed by atoms with Crippen LogP contribution in [0.25, 0.3) is 0 Å². The molecule has 0 unspecified atom stereocenters. The van der Waals surface area contributed by atoms with E-state index in [1.54, 1.807) is 0 Å². The van der Waals surface area contributed by atoms with E-state index in [4.69, 9.17) is 0 Å². The molecular weight excluding hydrogens is 116 g/mol. The molecule has 0 bridgehead atoms.